The summed E-state index contributed by atoms with van der Waals surface area (Å²) in [6.07, 6.45) is 4.01. The van der Waals surface area contributed by atoms with Crippen LogP contribution < -0.4 is 10.9 Å². The summed E-state index contributed by atoms with van der Waals surface area (Å²) in [6.45, 7) is 2.76. The monoisotopic (exact) mass is 306 g/mol. The second-order valence-corrected chi connectivity index (χ2v) is 5.92. The van der Waals surface area contributed by atoms with Crippen LogP contribution >= 0.6 is 11.6 Å². The molecule has 5 nitrogen and oxygen atoms in total. The maximum Gasteiger partial charge on any atom is 0.258 e. The standard InChI is InChI=1S/C15H19ClN4O/c1-17-8-13-3-2-6-19(13)10-12-7-15(21)20-9-11(16)4-5-14(20)18-12/h4-5,7,9,13,17H,2-3,6,8,10H2,1H3. The third kappa shape index (κ3) is 3.10. The molecule has 21 heavy (non-hydrogen) atoms. The third-order valence-corrected chi connectivity index (χ3v) is 4.20. The Morgan fingerprint density at radius 2 is 2.33 bits per heavy atom. The minimum Gasteiger partial charge on any atom is -0.318 e. The summed E-state index contributed by atoms with van der Waals surface area (Å²) in [5.74, 6) is 0. The average molecular weight is 307 g/mol. The van der Waals surface area contributed by atoms with Gasteiger partial charge < -0.3 is 5.32 Å². The van der Waals surface area contributed by atoms with E-state index in [1.807, 2.05) is 7.05 Å². The number of nitrogens with one attached hydrogen (secondary N) is 1. The fraction of sp³-hybridized carbons (Fsp3) is 0.467. The van der Waals surface area contributed by atoms with Crippen LogP contribution in [-0.4, -0.2) is 40.5 Å². The van der Waals surface area contributed by atoms with Crippen LogP contribution in [0.25, 0.3) is 5.65 Å². The molecule has 6 heteroatoms. The lowest BCUT2D eigenvalue weighted by Gasteiger charge is -2.23. The van der Waals surface area contributed by atoms with E-state index in [-0.39, 0.29) is 5.56 Å². The summed E-state index contributed by atoms with van der Waals surface area (Å²) >= 11 is 5.92. The molecule has 0 aliphatic carbocycles. The first-order chi connectivity index (χ1) is 10.2. The molecule has 2 aromatic heterocycles. The summed E-state index contributed by atoms with van der Waals surface area (Å²) in [7, 11) is 1.97. The number of hydrogen-bond donors (Lipinski definition) is 1. The minimum absolute atomic E-state index is 0.0816. The Bertz CT molecular complexity index is 700. The average Bonchev–Trinajstić information content (AvgIpc) is 2.88. The summed E-state index contributed by atoms with van der Waals surface area (Å²) in [4.78, 5) is 19.1. The van der Waals surface area contributed by atoms with Gasteiger partial charge in [0.2, 0.25) is 0 Å². The van der Waals surface area contributed by atoms with Crippen LogP contribution in [0.3, 0.4) is 0 Å². The van der Waals surface area contributed by atoms with Crippen molar-refractivity contribution in [2.45, 2.75) is 25.4 Å². The number of pyridine rings is 1. The molecule has 1 fully saturated rings. The predicted molar refractivity (Wildman–Crippen MR) is 83.8 cm³/mol. The highest BCUT2D eigenvalue weighted by atomic mass is 35.5. The molecule has 0 aromatic carbocycles. The van der Waals surface area contributed by atoms with Gasteiger partial charge in [0.05, 0.1) is 10.7 Å². The molecule has 1 saturated heterocycles. The fourth-order valence-corrected chi connectivity index (χ4v) is 3.15. The van der Waals surface area contributed by atoms with E-state index in [1.165, 1.54) is 17.2 Å². The maximum atomic E-state index is 12.2. The summed E-state index contributed by atoms with van der Waals surface area (Å²) in [5.41, 5.74) is 1.39. The van der Waals surface area contributed by atoms with E-state index in [4.69, 9.17) is 11.6 Å². The summed E-state index contributed by atoms with van der Waals surface area (Å²) < 4.78 is 1.49. The smallest absolute Gasteiger partial charge is 0.258 e. The molecule has 0 amide bonds. The molecular weight excluding hydrogens is 288 g/mol. The van der Waals surface area contributed by atoms with Gasteiger partial charge in [0, 0.05) is 31.4 Å². The lowest BCUT2D eigenvalue weighted by molar-refractivity contribution is 0.239. The topological polar surface area (TPSA) is 49.6 Å². The number of hydrogen-bond acceptors (Lipinski definition) is 4. The zero-order valence-electron chi connectivity index (χ0n) is 12.1. The van der Waals surface area contributed by atoms with Gasteiger partial charge in [-0.05, 0) is 38.6 Å². The number of likely N-dealkylation sites (tertiary alicyclic amines) is 1. The highest BCUT2D eigenvalue weighted by Gasteiger charge is 2.24. The molecule has 1 N–H and O–H groups in total. The molecule has 1 aliphatic heterocycles. The zero-order valence-corrected chi connectivity index (χ0v) is 12.8. The van der Waals surface area contributed by atoms with Gasteiger partial charge in [-0.15, -0.1) is 0 Å². The molecule has 3 rings (SSSR count). The molecule has 1 aliphatic rings. The Labute approximate surface area is 128 Å². The van der Waals surface area contributed by atoms with Gasteiger partial charge in [-0.1, -0.05) is 11.6 Å². The first-order valence-electron chi connectivity index (χ1n) is 7.24. The largest absolute Gasteiger partial charge is 0.318 e. The van der Waals surface area contributed by atoms with E-state index >= 15 is 0 Å². The maximum absolute atomic E-state index is 12.2. The second-order valence-electron chi connectivity index (χ2n) is 5.49. The normalized spacial score (nSPS) is 19.4. The Morgan fingerprint density at radius 1 is 1.48 bits per heavy atom. The molecule has 1 unspecified atom stereocenters. The molecule has 2 aromatic rings. The van der Waals surface area contributed by atoms with Gasteiger partial charge in [-0.2, -0.15) is 0 Å². The van der Waals surface area contributed by atoms with E-state index < -0.39 is 0 Å². The van der Waals surface area contributed by atoms with Crippen LogP contribution in [0.15, 0.2) is 29.2 Å². The first kappa shape index (κ1) is 14.5. The van der Waals surface area contributed by atoms with Crippen molar-refractivity contribution in [1.82, 2.24) is 19.6 Å². The highest BCUT2D eigenvalue weighted by molar-refractivity contribution is 6.30. The van der Waals surface area contributed by atoms with E-state index in [0.717, 1.165) is 25.3 Å². The Balaban J connectivity index is 1.87. The van der Waals surface area contributed by atoms with Gasteiger partial charge in [0.25, 0.3) is 5.56 Å². The highest BCUT2D eigenvalue weighted by Crippen LogP contribution is 2.19. The van der Waals surface area contributed by atoms with Crippen LogP contribution in [0.2, 0.25) is 5.02 Å². The molecule has 0 bridgehead atoms. The Hall–Kier alpha value is -1.43. The van der Waals surface area contributed by atoms with Crippen molar-refractivity contribution in [3.05, 3.63) is 45.5 Å². The molecule has 0 saturated carbocycles. The quantitative estimate of drug-likeness (QED) is 0.931. The van der Waals surface area contributed by atoms with Gasteiger partial charge in [0.15, 0.2) is 0 Å². The van der Waals surface area contributed by atoms with Crippen molar-refractivity contribution < 1.29 is 0 Å². The third-order valence-electron chi connectivity index (χ3n) is 3.98. The van der Waals surface area contributed by atoms with Crippen molar-refractivity contribution in [1.29, 1.82) is 0 Å². The van der Waals surface area contributed by atoms with Gasteiger partial charge in [0.1, 0.15) is 5.65 Å². The van der Waals surface area contributed by atoms with Crippen molar-refractivity contribution >= 4 is 17.2 Å². The first-order valence-corrected chi connectivity index (χ1v) is 7.61. The van der Waals surface area contributed by atoms with Gasteiger partial charge in [-0.3, -0.25) is 14.1 Å². The SMILES string of the molecule is CNCC1CCCN1Cc1cc(=O)n2cc(Cl)ccc2n1. The van der Waals surface area contributed by atoms with E-state index in [1.54, 1.807) is 24.4 Å². The van der Waals surface area contributed by atoms with E-state index in [0.29, 0.717) is 16.7 Å². The van der Waals surface area contributed by atoms with E-state index in [2.05, 4.69) is 15.2 Å². The summed E-state index contributed by atoms with van der Waals surface area (Å²) in [5, 5.41) is 3.77. The number of rotatable bonds is 4. The number of aromatic nitrogens is 2. The lowest BCUT2D eigenvalue weighted by atomic mass is 10.2. The van der Waals surface area contributed by atoms with Crippen LogP contribution in [0.5, 0.6) is 0 Å². The Morgan fingerprint density at radius 3 is 3.14 bits per heavy atom. The van der Waals surface area contributed by atoms with Crippen LogP contribution in [0.4, 0.5) is 0 Å². The number of nitrogens with zero attached hydrogens (tertiary/aromatic N) is 3. The second kappa shape index (κ2) is 6.13. The van der Waals surface area contributed by atoms with Gasteiger partial charge >= 0.3 is 0 Å². The molecule has 0 spiro atoms. The molecule has 3 heterocycles. The molecular formula is C15H19ClN4O. The number of halogens is 1. The molecule has 0 radical (unpaired) electrons. The number of likely N-dealkylation sites (N-methyl/N-ethyl adjacent to an activating group) is 1. The summed E-state index contributed by atoms with van der Waals surface area (Å²) in [6, 6.07) is 5.67. The van der Waals surface area contributed by atoms with Crippen LogP contribution in [0.1, 0.15) is 18.5 Å². The minimum atomic E-state index is -0.0816. The van der Waals surface area contributed by atoms with Crippen molar-refractivity contribution in [3.8, 4) is 0 Å². The van der Waals surface area contributed by atoms with Gasteiger partial charge in [-0.25, -0.2) is 4.98 Å². The van der Waals surface area contributed by atoms with Crippen LogP contribution in [-0.2, 0) is 6.54 Å². The zero-order chi connectivity index (χ0) is 14.8. The van der Waals surface area contributed by atoms with Crippen molar-refractivity contribution in [2.75, 3.05) is 20.1 Å². The lowest BCUT2D eigenvalue weighted by Crippen LogP contribution is -2.36. The fourth-order valence-electron chi connectivity index (χ4n) is 2.99. The molecule has 1 atom stereocenters. The number of fused-ring (bicyclic) bond motifs is 1. The van der Waals surface area contributed by atoms with Crippen molar-refractivity contribution in [3.63, 3.8) is 0 Å². The van der Waals surface area contributed by atoms with Crippen LogP contribution in [0, 0.1) is 0 Å². The van der Waals surface area contributed by atoms with Crippen molar-refractivity contribution in [2.24, 2.45) is 0 Å². The predicted octanol–water partition coefficient (Wildman–Crippen LogP) is 1.53. The Kier molecular flexibility index (Phi) is 4.24. The molecule has 112 valence electrons. The van der Waals surface area contributed by atoms with E-state index in [9.17, 15) is 4.79 Å².